The summed E-state index contributed by atoms with van der Waals surface area (Å²) in [6, 6.07) is 0.751. The highest BCUT2D eigenvalue weighted by Crippen LogP contribution is 2.14. The molecular weight excluding hydrogens is 465 g/mol. The van der Waals surface area contributed by atoms with E-state index < -0.39 is 0 Å². The van der Waals surface area contributed by atoms with Crippen molar-refractivity contribution >= 4 is 35.8 Å². The summed E-state index contributed by atoms with van der Waals surface area (Å²) in [5, 5.41) is 6.93. The monoisotopic (exact) mass is 509 g/mol. The molecule has 0 aromatic heterocycles. The average molecular weight is 510 g/mol. The second kappa shape index (κ2) is 14.4. The van der Waals surface area contributed by atoms with Gasteiger partial charge in [0.1, 0.15) is 0 Å². The SMILES string of the molecule is CCNC(=NCC(CC(C)C)N(CC)CC)NC1CCN(C(=O)C(C)C)C1.I. The van der Waals surface area contributed by atoms with Gasteiger partial charge in [0.05, 0.1) is 6.54 Å². The summed E-state index contributed by atoms with van der Waals surface area (Å²) in [7, 11) is 0. The van der Waals surface area contributed by atoms with Crippen molar-refractivity contribution in [2.75, 3.05) is 39.3 Å². The third kappa shape index (κ3) is 9.29. The smallest absolute Gasteiger partial charge is 0.225 e. The number of nitrogens with one attached hydrogen (secondary N) is 2. The molecule has 7 heteroatoms. The lowest BCUT2D eigenvalue weighted by Crippen LogP contribution is -2.46. The summed E-state index contributed by atoms with van der Waals surface area (Å²) in [5.74, 6) is 1.85. The lowest BCUT2D eigenvalue weighted by atomic mass is 10.0. The Morgan fingerprint density at radius 3 is 2.32 bits per heavy atom. The lowest BCUT2D eigenvalue weighted by Gasteiger charge is -2.30. The van der Waals surface area contributed by atoms with Crippen LogP contribution < -0.4 is 10.6 Å². The van der Waals surface area contributed by atoms with E-state index in [2.05, 4.69) is 50.2 Å². The van der Waals surface area contributed by atoms with E-state index in [1.165, 1.54) is 0 Å². The predicted octanol–water partition coefficient (Wildman–Crippen LogP) is 3.17. The molecule has 1 rings (SSSR count). The fourth-order valence-corrected chi connectivity index (χ4v) is 3.78. The Morgan fingerprint density at radius 2 is 1.82 bits per heavy atom. The zero-order chi connectivity index (χ0) is 20.4. The highest BCUT2D eigenvalue weighted by molar-refractivity contribution is 14.0. The molecule has 6 nitrogen and oxygen atoms in total. The van der Waals surface area contributed by atoms with Crippen LogP contribution in [0.1, 0.15) is 61.3 Å². The van der Waals surface area contributed by atoms with Crippen LogP contribution in [0.15, 0.2) is 4.99 Å². The van der Waals surface area contributed by atoms with E-state index in [-0.39, 0.29) is 41.8 Å². The number of rotatable bonds is 10. The zero-order valence-corrected chi connectivity index (χ0v) is 21.5. The van der Waals surface area contributed by atoms with Crippen LogP contribution in [0.25, 0.3) is 0 Å². The van der Waals surface area contributed by atoms with Crippen molar-refractivity contribution < 1.29 is 4.79 Å². The first kappa shape index (κ1) is 27.4. The van der Waals surface area contributed by atoms with Crippen LogP contribution in [0.2, 0.25) is 0 Å². The fourth-order valence-electron chi connectivity index (χ4n) is 3.78. The molecule has 166 valence electrons. The van der Waals surface area contributed by atoms with Crippen molar-refractivity contribution in [1.29, 1.82) is 0 Å². The summed E-state index contributed by atoms with van der Waals surface area (Å²) in [5.41, 5.74) is 0. The van der Waals surface area contributed by atoms with E-state index in [1.807, 2.05) is 18.7 Å². The Kier molecular flexibility index (Phi) is 14.1. The summed E-state index contributed by atoms with van der Waals surface area (Å²) in [4.78, 5) is 21.6. The van der Waals surface area contributed by atoms with E-state index in [9.17, 15) is 4.79 Å². The fraction of sp³-hybridized carbons (Fsp3) is 0.905. The molecular formula is C21H44IN5O. The number of guanidine groups is 1. The first-order chi connectivity index (χ1) is 12.8. The Hall–Kier alpha value is -0.570. The predicted molar refractivity (Wildman–Crippen MR) is 131 cm³/mol. The molecule has 1 saturated heterocycles. The molecule has 0 aliphatic carbocycles. The van der Waals surface area contributed by atoms with E-state index in [4.69, 9.17) is 4.99 Å². The molecule has 0 saturated carbocycles. The molecule has 1 fully saturated rings. The Balaban J connectivity index is 0.00000729. The van der Waals surface area contributed by atoms with Crippen LogP contribution in [0, 0.1) is 11.8 Å². The first-order valence-electron chi connectivity index (χ1n) is 10.9. The van der Waals surface area contributed by atoms with Gasteiger partial charge in [0.15, 0.2) is 5.96 Å². The Morgan fingerprint density at radius 1 is 1.18 bits per heavy atom. The van der Waals surface area contributed by atoms with E-state index in [0.717, 1.165) is 58.1 Å². The van der Waals surface area contributed by atoms with E-state index >= 15 is 0 Å². The van der Waals surface area contributed by atoms with Gasteiger partial charge >= 0.3 is 0 Å². The third-order valence-electron chi connectivity index (χ3n) is 5.21. The van der Waals surface area contributed by atoms with E-state index in [0.29, 0.717) is 12.0 Å². The number of aliphatic imine (C=N–C) groups is 1. The number of likely N-dealkylation sites (N-methyl/N-ethyl adjacent to an activating group) is 1. The van der Waals surface area contributed by atoms with Gasteiger partial charge in [0, 0.05) is 37.6 Å². The van der Waals surface area contributed by atoms with Gasteiger partial charge in [-0.25, -0.2) is 0 Å². The molecule has 2 unspecified atom stereocenters. The maximum Gasteiger partial charge on any atom is 0.225 e. The molecule has 2 atom stereocenters. The standard InChI is InChI=1S/C21H43N5O.HI/c1-8-22-21(23-14-19(13-16(4)5)25(9-2)10-3)24-18-11-12-26(15-18)20(27)17(6)7;/h16-19H,8-15H2,1-7H3,(H2,22,23,24);1H. The minimum Gasteiger partial charge on any atom is -0.357 e. The van der Waals surface area contributed by atoms with Crippen LogP contribution >= 0.6 is 24.0 Å². The van der Waals surface area contributed by atoms with Crippen LogP contribution in [-0.4, -0.2) is 73.0 Å². The topological polar surface area (TPSA) is 60.0 Å². The number of nitrogens with zero attached hydrogens (tertiary/aromatic N) is 3. The number of likely N-dealkylation sites (tertiary alicyclic amines) is 1. The van der Waals surface area contributed by atoms with Crippen molar-refractivity contribution in [3.05, 3.63) is 0 Å². The molecule has 1 heterocycles. The van der Waals surface area contributed by atoms with Crippen LogP contribution in [-0.2, 0) is 4.79 Å². The maximum absolute atomic E-state index is 12.2. The molecule has 0 aromatic rings. The first-order valence-corrected chi connectivity index (χ1v) is 10.9. The van der Waals surface area contributed by atoms with Crippen molar-refractivity contribution in [1.82, 2.24) is 20.4 Å². The lowest BCUT2D eigenvalue weighted by molar-refractivity contribution is -0.133. The molecule has 1 amide bonds. The maximum atomic E-state index is 12.2. The van der Waals surface area contributed by atoms with Crippen molar-refractivity contribution in [2.24, 2.45) is 16.8 Å². The third-order valence-corrected chi connectivity index (χ3v) is 5.21. The van der Waals surface area contributed by atoms with Crippen LogP contribution in [0.4, 0.5) is 0 Å². The largest absolute Gasteiger partial charge is 0.357 e. The quantitative estimate of drug-likeness (QED) is 0.270. The van der Waals surface area contributed by atoms with Gasteiger partial charge in [-0.1, -0.05) is 41.5 Å². The van der Waals surface area contributed by atoms with Gasteiger partial charge in [0.2, 0.25) is 5.91 Å². The van der Waals surface area contributed by atoms with Crippen molar-refractivity contribution in [3.8, 4) is 0 Å². The van der Waals surface area contributed by atoms with Gasteiger partial charge in [-0.3, -0.25) is 14.7 Å². The summed E-state index contributed by atoms with van der Waals surface area (Å²) in [6.45, 7) is 20.4. The molecule has 2 N–H and O–H groups in total. The Bertz CT molecular complexity index is 466. The minimum absolute atomic E-state index is 0. The molecule has 0 spiro atoms. The highest BCUT2D eigenvalue weighted by atomic mass is 127. The summed E-state index contributed by atoms with van der Waals surface area (Å²) < 4.78 is 0. The number of halogens is 1. The molecule has 0 aromatic carbocycles. The number of hydrogen-bond donors (Lipinski definition) is 2. The molecule has 28 heavy (non-hydrogen) atoms. The van der Waals surface area contributed by atoms with Gasteiger partial charge < -0.3 is 15.5 Å². The second-order valence-electron chi connectivity index (χ2n) is 8.29. The molecule has 0 bridgehead atoms. The van der Waals surface area contributed by atoms with Gasteiger partial charge in [-0.05, 0) is 38.8 Å². The summed E-state index contributed by atoms with van der Waals surface area (Å²) in [6.07, 6.45) is 2.14. The molecule has 1 aliphatic rings. The average Bonchev–Trinajstić information content (AvgIpc) is 3.07. The van der Waals surface area contributed by atoms with E-state index in [1.54, 1.807) is 0 Å². The van der Waals surface area contributed by atoms with Gasteiger partial charge in [-0.15, -0.1) is 24.0 Å². The highest BCUT2D eigenvalue weighted by Gasteiger charge is 2.28. The van der Waals surface area contributed by atoms with Crippen LogP contribution in [0.5, 0.6) is 0 Å². The van der Waals surface area contributed by atoms with Crippen molar-refractivity contribution in [2.45, 2.75) is 73.4 Å². The minimum atomic E-state index is 0. The number of carbonyl (C=O) groups excluding carboxylic acids is 1. The Labute approximate surface area is 190 Å². The normalized spacial score (nSPS) is 18.6. The molecule has 0 radical (unpaired) electrons. The number of amides is 1. The van der Waals surface area contributed by atoms with Crippen molar-refractivity contribution in [3.63, 3.8) is 0 Å². The second-order valence-corrected chi connectivity index (χ2v) is 8.29. The number of hydrogen-bond acceptors (Lipinski definition) is 3. The molecule has 1 aliphatic heterocycles. The zero-order valence-electron chi connectivity index (χ0n) is 19.1. The van der Waals surface area contributed by atoms with Crippen LogP contribution in [0.3, 0.4) is 0 Å². The van der Waals surface area contributed by atoms with Gasteiger partial charge in [0.25, 0.3) is 0 Å². The number of carbonyl (C=O) groups is 1. The van der Waals surface area contributed by atoms with Gasteiger partial charge in [-0.2, -0.15) is 0 Å². The summed E-state index contributed by atoms with van der Waals surface area (Å²) >= 11 is 0.